The zero-order valence-corrected chi connectivity index (χ0v) is 26.3. The SMILES string of the molecule is CCN(C(=O)c1cc(F)ccc1Oc1cncnc1N1CC2(CCN(C[C@@H]3CC[C@@H](NS(C)(=O)=O)CO3)CC2)C1)C(C)C. The topological polar surface area (TPSA) is 117 Å². The fourth-order valence-corrected chi connectivity index (χ4v) is 7.26. The second-order valence-corrected chi connectivity index (χ2v) is 14.2. The van der Waals surface area contributed by atoms with Crippen molar-refractivity contribution in [1.82, 2.24) is 24.5 Å². The van der Waals surface area contributed by atoms with E-state index in [-0.39, 0.29) is 40.8 Å². The second-order valence-electron chi connectivity index (χ2n) is 12.4. The van der Waals surface area contributed by atoms with Crippen molar-refractivity contribution >= 4 is 21.7 Å². The highest BCUT2D eigenvalue weighted by molar-refractivity contribution is 7.88. The van der Waals surface area contributed by atoms with Crippen LogP contribution < -0.4 is 14.4 Å². The molecule has 3 fully saturated rings. The molecular weight excluding hydrogens is 575 g/mol. The monoisotopic (exact) mass is 618 g/mol. The molecule has 0 saturated carbocycles. The molecule has 3 aliphatic rings. The molecular formula is C30H43FN6O5S. The normalized spacial score (nSPS) is 22.4. The minimum atomic E-state index is -3.22. The number of nitrogens with one attached hydrogen (secondary N) is 1. The van der Waals surface area contributed by atoms with Crippen LogP contribution in [0.15, 0.2) is 30.7 Å². The first kappa shape index (κ1) is 31.6. The van der Waals surface area contributed by atoms with Crippen LogP contribution in [0.25, 0.3) is 0 Å². The van der Waals surface area contributed by atoms with Gasteiger partial charge in [0.25, 0.3) is 5.91 Å². The Hall–Kier alpha value is -2.87. The van der Waals surface area contributed by atoms with Gasteiger partial charge in [0, 0.05) is 43.7 Å². The Kier molecular flexibility index (Phi) is 9.55. The van der Waals surface area contributed by atoms with E-state index in [2.05, 4.69) is 24.5 Å². The number of carbonyl (C=O) groups is 1. The van der Waals surface area contributed by atoms with Crippen LogP contribution in [0.2, 0.25) is 0 Å². The quantitative estimate of drug-likeness (QED) is 0.428. The number of nitrogens with zero attached hydrogens (tertiary/aromatic N) is 5. The Morgan fingerprint density at radius 3 is 2.60 bits per heavy atom. The summed E-state index contributed by atoms with van der Waals surface area (Å²) in [6.45, 7) is 11.2. The number of piperidine rings is 1. The first-order valence-corrected chi connectivity index (χ1v) is 17.0. The van der Waals surface area contributed by atoms with Crippen LogP contribution in [0.4, 0.5) is 10.2 Å². The largest absolute Gasteiger partial charge is 0.451 e. The van der Waals surface area contributed by atoms with Crippen LogP contribution >= 0.6 is 0 Å². The van der Waals surface area contributed by atoms with E-state index in [4.69, 9.17) is 9.47 Å². The lowest BCUT2D eigenvalue weighted by Gasteiger charge is -2.54. The predicted octanol–water partition coefficient (Wildman–Crippen LogP) is 3.28. The van der Waals surface area contributed by atoms with Gasteiger partial charge in [0.1, 0.15) is 17.9 Å². The van der Waals surface area contributed by atoms with Gasteiger partial charge in [-0.1, -0.05) is 0 Å². The third-order valence-corrected chi connectivity index (χ3v) is 9.52. The second kappa shape index (κ2) is 13.0. The standard InChI is InChI=1S/C30H43FN6O5S/c1-5-37(21(2)3)29(38)25-14-22(31)6-9-26(25)42-27-15-32-20-33-28(27)36-18-30(19-36)10-12-35(13-11-30)16-24-8-7-23(17-41-24)34-43(4,39)40/h6,9,14-15,20-21,23-24,34H,5,7-8,10-13,16-19H2,1-4H3/t23-,24+/m1/s1. The lowest BCUT2D eigenvalue weighted by molar-refractivity contribution is -0.0299. The lowest BCUT2D eigenvalue weighted by atomic mass is 9.72. The fraction of sp³-hybridized carbons (Fsp3) is 0.633. The number of amides is 1. The van der Waals surface area contributed by atoms with E-state index in [0.29, 0.717) is 24.7 Å². The van der Waals surface area contributed by atoms with Gasteiger partial charge < -0.3 is 24.2 Å². The van der Waals surface area contributed by atoms with Gasteiger partial charge in [-0.2, -0.15) is 0 Å². The predicted molar refractivity (Wildman–Crippen MR) is 161 cm³/mol. The molecule has 2 aromatic rings. The maximum Gasteiger partial charge on any atom is 0.257 e. The molecule has 13 heteroatoms. The molecule has 236 valence electrons. The summed E-state index contributed by atoms with van der Waals surface area (Å²) >= 11 is 0. The van der Waals surface area contributed by atoms with Gasteiger partial charge in [0.15, 0.2) is 11.6 Å². The van der Waals surface area contributed by atoms with Crippen molar-refractivity contribution in [2.45, 2.75) is 64.6 Å². The van der Waals surface area contributed by atoms with Gasteiger partial charge in [0.05, 0.1) is 30.7 Å². The number of sulfonamides is 1. The van der Waals surface area contributed by atoms with E-state index in [0.717, 1.165) is 58.4 Å². The maximum absolute atomic E-state index is 14.2. The molecule has 2 atom stereocenters. The Bertz CT molecular complexity index is 1390. The molecule has 1 spiro atoms. The Balaban J connectivity index is 1.17. The molecule has 0 bridgehead atoms. The highest BCUT2D eigenvalue weighted by Gasteiger charge is 2.46. The number of hydrogen-bond donors (Lipinski definition) is 1. The Morgan fingerprint density at radius 1 is 1.23 bits per heavy atom. The molecule has 3 aliphatic heterocycles. The molecule has 1 amide bonds. The molecule has 1 aromatic carbocycles. The number of hydrogen-bond acceptors (Lipinski definition) is 9. The molecule has 3 saturated heterocycles. The van der Waals surface area contributed by atoms with Crippen LogP contribution in [0.1, 0.15) is 56.8 Å². The Labute approximate surface area is 253 Å². The zero-order chi connectivity index (χ0) is 30.8. The number of benzene rings is 1. The number of aromatic nitrogens is 2. The van der Waals surface area contributed by atoms with Gasteiger partial charge >= 0.3 is 0 Å². The van der Waals surface area contributed by atoms with E-state index in [1.54, 1.807) is 11.1 Å². The van der Waals surface area contributed by atoms with Gasteiger partial charge in [-0.05, 0) is 77.7 Å². The minimum Gasteiger partial charge on any atom is -0.451 e. The van der Waals surface area contributed by atoms with Gasteiger partial charge in [-0.15, -0.1) is 0 Å². The van der Waals surface area contributed by atoms with Gasteiger partial charge in [-0.25, -0.2) is 27.5 Å². The molecule has 0 radical (unpaired) electrons. The van der Waals surface area contributed by atoms with Crippen molar-refractivity contribution in [3.63, 3.8) is 0 Å². The smallest absolute Gasteiger partial charge is 0.257 e. The lowest BCUT2D eigenvalue weighted by Crippen LogP contribution is -2.61. The van der Waals surface area contributed by atoms with E-state index in [1.165, 1.54) is 30.8 Å². The van der Waals surface area contributed by atoms with Gasteiger partial charge in [-0.3, -0.25) is 4.79 Å². The van der Waals surface area contributed by atoms with Crippen molar-refractivity contribution in [2.75, 3.05) is 57.0 Å². The third-order valence-electron chi connectivity index (χ3n) is 8.76. The summed E-state index contributed by atoms with van der Waals surface area (Å²) in [5.41, 5.74) is 0.369. The summed E-state index contributed by atoms with van der Waals surface area (Å²) in [6, 6.07) is 3.81. The zero-order valence-electron chi connectivity index (χ0n) is 25.5. The highest BCUT2D eigenvalue weighted by atomic mass is 32.2. The molecule has 43 heavy (non-hydrogen) atoms. The number of rotatable bonds is 10. The number of likely N-dealkylation sites (tertiary alicyclic amines) is 1. The average molecular weight is 619 g/mol. The Morgan fingerprint density at radius 2 is 1.98 bits per heavy atom. The van der Waals surface area contributed by atoms with Crippen molar-refractivity contribution in [3.05, 3.63) is 42.1 Å². The van der Waals surface area contributed by atoms with E-state index < -0.39 is 15.8 Å². The summed E-state index contributed by atoms with van der Waals surface area (Å²) < 4.78 is 52.0. The molecule has 5 rings (SSSR count). The van der Waals surface area contributed by atoms with Crippen molar-refractivity contribution in [1.29, 1.82) is 0 Å². The number of carbonyl (C=O) groups excluding carboxylic acids is 1. The number of ether oxygens (including phenoxy) is 2. The molecule has 1 N–H and O–H groups in total. The van der Waals surface area contributed by atoms with E-state index in [9.17, 15) is 17.6 Å². The van der Waals surface area contributed by atoms with Crippen LogP contribution in [-0.4, -0.2) is 104 Å². The van der Waals surface area contributed by atoms with Crippen LogP contribution in [0, 0.1) is 11.2 Å². The molecule has 4 heterocycles. The fourth-order valence-electron chi connectivity index (χ4n) is 6.47. The number of anilines is 1. The van der Waals surface area contributed by atoms with Crippen LogP contribution in [0.3, 0.4) is 0 Å². The molecule has 0 unspecified atom stereocenters. The summed E-state index contributed by atoms with van der Waals surface area (Å²) in [4.78, 5) is 28.3. The van der Waals surface area contributed by atoms with Crippen molar-refractivity contribution < 1.29 is 27.1 Å². The summed E-state index contributed by atoms with van der Waals surface area (Å²) in [6.07, 6.45) is 8.14. The molecule has 11 nitrogen and oxygen atoms in total. The van der Waals surface area contributed by atoms with E-state index in [1.807, 2.05) is 20.8 Å². The van der Waals surface area contributed by atoms with Crippen molar-refractivity contribution in [2.24, 2.45) is 5.41 Å². The molecule has 1 aromatic heterocycles. The minimum absolute atomic E-state index is 0.0419. The van der Waals surface area contributed by atoms with E-state index >= 15 is 0 Å². The average Bonchev–Trinajstić information content (AvgIpc) is 2.94. The third kappa shape index (κ3) is 7.62. The van der Waals surface area contributed by atoms with Crippen LogP contribution in [-0.2, 0) is 14.8 Å². The summed E-state index contributed by atoms with van der Waals surface area (Å²) in [5.74, 6) is 0.577. The first-order chi connectivity index (χ1) is 20.4. The summed E-state index contributed by atoms with van der Waals surface area (Å²) in [5, 5.41) is 0. The van der Waals surface area contributed by atoms with Crippen molar-refractivity contribution in [3.8, 4) is 11.5 Å². The maximum atomic E-state index is 14.2. The first-order valence-electron chi connectivity index (χ1n) is 15.1. The number of halogens is 1. The molecule has 0 aliphatic carbocycles. The summed E-state index contributed by atoms with van der Waals surface area (Å²) in [7, 11) is -3.22. The van der Waals surface area contributed by atoms with Gasteiger partial charge in [0.2, 0.25) is 10.0 Å². The highest BCUT2D eigenvalue weighted by Crippen LogP contribution is 2.45. The van der Waals surface area contributed by atoms with Crippen LogP contribution in [0.5, 0.6) is 11.5 Å².